The van der Waals surface area contributed by atoms with E-state index in [9.17, 15) is 0 Å². The normalized spacial score (nSPS) is 10.5. The molecule has 1 aromatic carbocycles. The summed E-state index contributed by atoms with van der Waals surface area (Å²) in [6.45, 7) is 5.32. The maximum Gasteiger partial charge on any atom is 0.138 e. The Labute approximate surface area is 77.0 Å². The van der Waals surface area contributed by atoms with Crippen molar-refractivity contribution in [1.82, 2.24) is 0 Å². The summed E-state index contributed by atoms with van der Waals surface area (Å²) < 4.78 is 0. The highest BCUT2D eigenvalue weighted by Gasteiger charge is 1.95. The lowest BCUT2D eigenvalue weighted by Gasteiger charge is -1.99. The number of hydrogen-bond donors (Lipinski definition) is 2. The Morgan fingerprint density at radius 3 is 2.69 bits per heavy atom. The minimum atomic E-state index is 0.191. The molecule has 0 heterocycles. The summed E-state index contributed by atoms with van der Waals surface area (Å²) in [5, 5.41) is 7.54. The van der Waals surface area contributed by atoms with Gasteiger partial charge in [-0.15, -0.1) is 10.2 Å². The quantitative estimate of drug-likeness (QED) is 0.534. The molecule has 0 atom stereocenters. The molecule has 0 saturated carbocycles. The highest BCUT2D eigenvalue weighted by Crippen LogP contribution is 2.21. The van der Waals surface area contributed by atoms with Crippen LogP contribution in [0.1, 0.15) is 5.56 Å². The molecule has 0 spiro atoms. The Balaban J connectivity index is 2.96. The van der Waals surface area contributed by atoms with Gasteiger partial charge in [-0.05, 0) is 30.7 Å². The molecular formula is C9H12N4. The summed E-state index contributed by atoms with van der Waals surface area (Å²) in [5.74, 6) is 0.191. The third-order valence-electron chi connectivity index (χ3n) is 1.51. The van der Waals surface area contributed by atoms with Crippen LogP contribution < -0.4 is 11.5 Å². The molecule has 1 rings (SSSR count). The van der Waals surface area contributed by atoms with Crippen LogP contribution in [-0.4, -0.2) is 0 Å². The van der Waals surface area contributed by atoms with Crippen LogP contribution in [-0.2, 0) is 0 Å². The van der Waals surface area contributed by atoms with Crippen LogP contribution in [0.15, 0.2) is 40.8 Å². The van der Waals surface area contributed by atoms with Gasteiger partial charge in [0, 0.05) is 5.69 Å². The van der Waals surface area contributed by atoms with Gasteiger partial charge in [-0.25, -0.2) is 0 Å². The zero-order valence-electron chi connectivity index (χ0n) is 7.49. The summed E-state index contributed by atoms with van der Waals surface area (Å²) in [5.41, 5.74) is 13.2. The van der Waals surface area contributed by atoms with Crippen molar-refractivity contribution in [2.45, 2.75) is 6.92 Å². The van der Waals surface area contributed by atoms with Gasteiger partial charge >= 0.3 is 0 Å². The number of hydrogen-bond acceptors (Lipinski definition) is 4. The van der Waals surface area contributed by atoms with E-state index in [0.29, 0.717) is 5.69 Å². The van der Waals surface area contributed by atoms with E-state index < -0.39 is 0 Å². The number of rotatable bonds is 2. The van der Waals surface area contributed by atoms with Crippen molar-refractivity contribution in [2.24, 2.45) is 16.0 Å². The van der Waals surface area contributed by atoms with Gasteiger partial charge in [0.15, 0.2) is 0 Å². The van der Waals surface area contributed by atoms with E-state index in [-0.39, 0.29) is 5.82 Å². The lowest BCUT2D eigenvalue weighted by atomic mass is 10.2. The Hall–Kier alpha value is -1.84. The van der Waals surface area contributed by atoms with Crippen LogP contribution in [0.25, 0.3) is 0 Å². The van der Waals surface area contributed by atoms with E-state index >= 15 is 0 Å². The Bertz CT molecular complexity index is 355. The number of nitrogens with zero attached hydrogens (tertiary/aromatic N) is 2. The average molecular weight is 176 g/mol. The summed E-state index contributed by atoms with van der Waals surface area (Å²) in [6, 6.07) is 5.38. The zero-order chi connectivity index (χ0) is 9.84. The van der Waals surface area contributed by atoms with Gasteiger partial charge in [-0.2, -0.15) is 0 Å². The fourth-order valence-corrected chi connectivity index (χ4v) is 0.909. The first-order chi connectivity index (χ1) is 6.09. The average Bonchev–Trinajstić information content (AvgIpc) is 2.02. The first kappa shape index (κ1) is 9.25. The molecule has 13 heavy (non-hydrogen) atoms. The molecule has 0 saturated heterocycles. The van der Waals surface area contributed by atoms with Crippen molar-refractivity contribution in [2.75, 3.05) is 5.73 Å². The minimum Gasteiger partial charge on any atom is -0.399 e. The highest BCUT2D eigenvalue weighted by atomic mass is 15.1. The lowest BCUT2D eigenvalue weighted by molar-refractivity contribution is 1.10. The van der Waals surface area contributed by atoms with Gasteiger partial charge in [-0.3, -0.25) is 0 Å². The number of anilines is 1. The molecule has 1 aromatic rings. The van der Waals surface area contributed by atoms with E-state index in [1.807, 2.05) is 13.0 Å². The molecular weight excluding hydrogens is 164 g/mol. The molecule has 0 amide bonds. The second-order valence-electron chi connectivity index (χ2n) is 2.74. The van der Waals surface area contributed by atoms with Gasteiger partial charge in [0.05, 0.1) is 5.69 Å². The van der Waals surface area contributed by atoms with Gasteiger partial charge in [-0.1, -0.05) is 6.58 Å². The van der Waals surface area contributed by atoms with Crippen LogP contribution in [0.4, 0.5) is 11.4 Å². The molecule has 4 nitrogen and oxygen atoms in total. The first-order valence-electron chi connectivity index (χ1n) is 3.82. The molecule has 0 bridgehead atoms. The topological polar surface area (TPSA) is 76.8 Å². The Morgan fingerprint density at radius 2 is 2.15 bits per heavy atom. The zero-order valence-corrected chi connectivity index (χ0v) is 7.49. The van der Waals surface area contributed by atoms with Gasteiger partial charge in [0.25, 0.3) is 0 Å². The van der Waals surface area contributed by atoms with Gasteiger partial charge in [0.2, 0.25) is 0 Å². The highest BCUT2D eigenvalue weighted by molar-refractivity contribution is 5.53. The summed E-state index contributed by atoms with van der Waals surface area (Å²) in [4.78, 5) is 0. The molecule has 0 aromatic heterocycles. The fraction of sp³-hybridized carbons (Fsp3) is 0.111. The minimum absolute atomic E-state index is 0.191. The predicted molar refractivity (Wildman–Crippen MR) is 53.4 cm³/mol. The third-order valence-corrected chi connectivity index (χ3v) is 1.51. The molecule has 4 N–H and O–H groups in total. The van der Waals surface area contributed by atoms with E-state index in [1.54, 1.807) is 12.1 Å². The number of nitrogen functional groups attached to an aromatic ring is 1. The SMILES string of the molecule is C=C(N)N=Nc1ccc(N)cc1C. The largest absolute Gasteiger partial charge is 0.399 e. The van der Waals surface area contributed by atoms with Crippen molar-refractivity contribution in [1.29, 1.82) is 0 Å². The number of benzene rings is 1. The number of aryl methyl sites for hydroxylation is 1. The van der Waals surface area contributed by atoms with Crippen molar-refractivity contribution in [3.63, 3.8) is 0 Å². The summed E-state index contributed by atoms with van der Waals surface area (Å²) in [7, 11) is 0. The molecule has 68 valence electrons. The van der Waals surface area contributed by atoms with E-state index in [4.69, 9.17) is 11.5 Å². The second-order valence-corrected chi connectivity index (χ2v) is 2.74. The van der Waals surface area contributed by atoms with Crippen LogP contribution in [0.2, 0.25) is 0 Å². The summed E-state index contributed by atoms with van der Waals surface area (Å²) in [6.07, 6.45) is 0. The van der Waals surface area contributed by atoms with Crippen LogP contribution >= 0.6 is 0 Å². The Morgan fingerprint density at radius 1 is 1.46 bits per heavy atom. The fourth-order valence-electron chi connectivity index (χ4n) is 0.909. The molecule has 0 unspecified atom stereocenters. The Kier molecular flexibility index (Phi) is 2.64. The van der Waals surface area contributed by atoms with Gasteiger partial charge < -0.3 is 11.5 Å². The smallest absolute Gasteiger partial charge is 0.138 e. The van der Waals surface area contributed by atoms with Gasteiger partial charge in [0.1, 0.15) is 5.82 Å². The second kappa shape index (κ2) is 3.71. The van der Waals surface area contributed by atoms with E-state index in [1.165, 1.54) is 0 Å². The molecule has 0 aliphatic heterocycles. The molecule has 4 heteroatoms. The van der Waals surface area contributed by atoms with Crippen LogP contribution in [0.5, 0.6) is 0 Å². The lowest BCUT2D eigenvalue weighted by Crippen LogP contribution is -1.88. The van der Waals surface area contributed by atoms with Crippen LogP contribution in [0.3, 0.4) is 0 Å². The van der Waals surface area contributed by atoms with Crippen molar-refractivity contribution in [3.8, 4) is 0 Å². The molecule has 0 radical (unpaired) electrons. The van der Waals surface area contributed by atoms with Crippen molar-refractivity contribution < 1.29 is 0 Å². The maximum absolute atomic E-state index is 5.57. The van der Waals surface area contributed by atoms with E-state index in [0.717, 1.165) is 11.3 Å². The van der Waals surface area contributed by atoms with Crippen molar-refractivity contribution >= 4 is 11.4 Å². The molecule has 0 aliphatic rings. The number of nitrogens with two attached hydrogens (primary N) is 2. The monoisotopic (exact) mass is 176 g/mol. The predicted octanol–water partition coefficient (Wildman–Crippen LogP) is 2.09. The molecule has 0 fully saturated rings. The van der Waals surface area contributed by atoms with Crippen LogP contribution in [0, 0.1) is 6.92 Å². The summed E-state index contributed by atoms with van der Waals surface area (Å²) >= 11 is 0. The molecule has 0 aliphatic carbocycles. The van der Waals surface area contributed by atoms with Crippen molar-refractivity contribution in [3.05, 3.63) is 36.2 Å². The van der Waals surface area contributed by atoms with E-state index in [2.05, 4.69) is 16.8 Å². The standard InChI is InChI=1S/C9H12N4/c1-6-5-8(11)3-4-9(6)13-12-7(2)10/h3-5H,2,10-11H2,1H3. The number of azo groups is 1. The first-order valence-corrected chi connectivity index (χ1v) is 3.82. The maximum atomic E-state index is 5.57. The third kappa shape index (κ3) is 2.59.